The summed E-state index contributed by atoms with van der Waals surface area (Å²) in [6, 6.07) is 7.68. The van der Waals surface area contributed by atoms with Crippen LogP contribution >= 0.6 is 35.0 Å². The Bertz CT molecular complexity index is 379. The maximum absolute atomic E-state index is 11.6. The van der Waals surface area contributed by atoms with Crippen molar-refractivity contribution in [2.24, 2.45) is 5.73 Å². The fraction of sp³-hybridized carbons (Fsp3) is 0.300. The number of anilines is 1. The molecule has 15 heavy (non-hydrogen) atoms. The second kappa shape index (κ2) is 4.67. The van der Waals surface area contributed by atoms with Crippen molar-refractivity contribution in [2.45, 2.75) is 18.4 Å². The minimum Gasteiger partial charge on any atom is -0.324 e. The fourth-order valence-corrected chi connectivity index (χ4v) is 1.73. The van der Waals surface area contributed by atoms with E-state index in [-0.39, 0.29) is 18.3 Å². The molecule has 0 aliphatic heterocycles. The number of nitrogens with one attached hydrogen (secondary N) is 1. The number of benzene rings is 1. The first-order chi connectivity index (χ1) is 6.60. The zero-order valence-electron chi connectivity index (χ0n) is 8.00. The van der Waals surface area contributed by atoms with Crippen molar-refractivity contribution in [2.75, 3.05) is 5.32 Å². The van der Waals surface area contributed by atoms with Crippen LogP contribution in [-0.2, 0) is 4.79 Å². The SMILES string of the molecule is Cl.NC1(C(=O)Nc2cccc(I)c2)CC1. The molecule has 1 aliphatic carbocycles. The first kappa shape index (κ1) is 12.7. The van der Waals surface area contributed by atoms with Gasteiger partial charge in [0.15, 0.2) is 0 Å². The zero-order valence-corrected chi connectivity index (χ0v) is 11.0. The van der Waals surface area contributed by atoms with E-state index in [0.717, 1.165) is 22.1 Å². The Balaban J connectivity index is 0.00000112. The molecule has 0 heterocycles. The number of halogens is 2. The molecule has 3 N–H and O–H groups in total. The molecule has 5 heteroatoms. The van der Waals surface area contributed by atoms with E-state index < -0.39 is 5.54 Å². The van der Waals surface area contributed by atoms with Gasteiger partial charge in [-0.05, 0) is 53.6 Å². The summed E-state index contributed by atoms with van der Waals surface area (Å²) in [4.78, 5) is 11.6. The summed E-state index contributed by atoms with van der Waals surface area (Å²) in [5.41, 5.74) is 5.98. The molecule has 1 aromatic rings. The van der Waals surface area contributed by atoms with Crippen molar-refractivity contribution in [3.63, 3.8) is 0 Å². The van der Waals surface area contributed by atoms with Crippen molar-refractivity contribution in [1.82, 2.24) is 0 Å². The van der Waals surface area contributed by atoms with Gasteiger partial charge in [0.2, 0.25) is 5.91 Å². The van der Waals surface area contributed by atoms with E-state index in [1.54, 1.807) is 0 Å². The lowest BCUT2D eigenvalue weighted by Gasteiger charge is -2.09. The van der Waals surface area contributed by atoms with Gasteiger partial charge in [0.1, 0.15) is 0 Å². The number of rotatable bonds is 2. The third-order valence-corrected chi connectivity index (χ3v) is 2.99. The fourth-order valence-electron chi connectivity index (χ4n) is 1.18. The highest BCUT2D eigenvalue weighted by Crippen LogP contribution is 2.33. The number of nitrogens with two attached hydrogens (primary N) is 1. The predicted molar refractivity (Wildman–Crippen MR) is 71.2 cm³/mol. The average molecular weight is 339 g/mol. The smallest absolute Gasteiger partial charge is 0.244 e. The van der Waals surface area contributed by atoms with Crippen LogP contribution in [-0.4, -0.2) is 11.4 Å². The van der Waals surface area contributed by atoms with Crippen molar-refractivity contribution < 1.29 is 4.79 Å². The highest BCUT2D eigenvalue weighted by atomic mass is 127. The van der Waals surface area contributed by atoms with E-state index in [4.69, 9.17) is 5.73 Å². The van der Waals surface area contributed by atoms with Gasteiger partial charge in [-0.15, -0.1) is 12.4 Å². The number of hydrogen-bond donors (Lipinski definition) is 2. The van der Waals surface area contributed by atoms with E-state index in [0.29, 0.717) is 0 Å². The number of carbonyl (C=O) groups excluding carboxylic acids is 1. The van der Waals surface area contributed by atoms with Crippen LogP contribution in [0.25, 0.3) is 0 Å². The molecule has 1 fully saturated rings. The molecule has 1 aliphatic rings. The highest BCUT2D eigenvalue weighted by Gasteiger charge is 2.45. The maximum atomic E-state index is 11.6. The summed E-state index contributed by atoms with van der Waals surface area (Å²) < 4.78 is 1.10. The van der Waals surface area contributed by atoms with Gasteiger partial charge >= 0.3 is 0 Å². The Morgan fingerprint density at radius 1 is 1.47 bits per heavy atom. The summed E-state index contributed by atoms with van der Waals surface area (Å²) in [5.74, 6) is -0.0699. The van der Waals surface area contributed by atoms with Gasteiger partial charge in [-0.25, -0.2) is 0 Å². The second-order valence-electron chi connectivity index (χ2n) is 3.62. The quantitative estimate of drug-likeness (QED) is 0.812. The van der Waals surface area contributed by atoms with Gasteiger partial charge in [-0.3, -0.25) is 4.79 Å². The largest absolute Gasteiger partial charge is 0.324 e. The summed E-state index contributed by atoms with van der Waals surface area (Å²) in [5, 5.41) is 2.82. The molecular weight excluding hydrogens is 326 g/mol. The molecule has 0 aromatic heterocycles. The van der Waals surface area contributed by atoms with Crippen molar-refractivity contribution in [1.29, 1.82) is 0 Å². The van der Waals surface area contributed by atoms with Gasteiger partial charge in [-0.2, -0.15) is 0 Å². The molecule has 1 amide bonds. The normalized spacial score (nSPS) is 16.4. The summed E-state index contributed by atoms with van der Waals surface area (Å²) in [7, 11) is 0. The standard InChI is InChI=1S/C10H11IN2O.ClH/c11-7-2-1-3-8(6-7)13-9(14)10(12)4-5-10;/h1-3,6H,4-5,12H2,(H,13,14);1H. The lowest BCUT2D eigenvalue weighted by atomic mass is 10.2. The molecule has 0 bridgehead atoms. The third-order valence-electron chi connectivity index (χ3n) is 2.32. The van der Waals surface area contributed by atoms with Crippen LogP contribution in [0.5, 0.6) is 0 Å². The van der Waals surface area contributed by atoms with E-state index in [9.17, 15) is 4.79 Å². The number of amides is 1. The number of carbonyl (C=O) groups is 1. The molecule has 82 valence electrons. The first-order valence-electron chi connectivity index (χ1n) is 4.46. The third kappa shape index (κ3) is 3.06. The molecule has 2 rings (SSSR count). The van der Waals surface area contributed by atoms with E-state index in [1.165, 1.54) is 0 Å². The van der Waals surface area contributed by atoms with Gasteiger partial charge in [0.25, 0.3) is 0 Å². The van der Waals surface area contributed by atoms with Crippen LogP contribution in [0.4, 0.5) is 5.69 Å². The minimum absolute atomic E-state index is 0. The van der Waals surface area contributed by atoms with E-state index in [2.05, 4.69) is 27.9 Å². The van der Waals surface area contributed by atoms with Crippen LogP contribution in [0, 0.1) is 3.57 Å². The molecular formula is C10H12ClIN2O. The Kier molecular flexibility index (Phi) is 3.97. The first-order valence-corrected chi connectivity index (χ1v) is 5.54. The maximum Gasteiger partial charge on any atom is 0.244 e. The topological polar surface area (TPSA) is 55.1 Å². The van der Waals surface area contributed by atoms with Gasteiger partial charge < -0.3 is 11.1 Å². The van der Waals surface area contributed by atoms with Crippen LogP contribution in [0.3, 0.4) is 0 Å². The van der Waals surface area contributed by atoms with Gasteiger partial charge in [0.05, 0.1) is 5.54 Å². The minimum atomic E-state index is -0.596. The summed E-state index contributed by atoms with van der Waals surface area (Å²) in [6.07, 6.45) is 1.59. The summed E-state index contributed by atoms with van der Waals surface area (Å²) in [6.45, 7) is 0. The monoisotopic (exact) mass is 338 g/mol. The lowest BCUT2D eigenvalue weighted by Crippen LogP contribution is -2.37. The molecule has 0 radical (unpaired) electrons. The van der Waals surface area contributed by atoms with Crippen LogP contribution in [0.1, 0.15) is 12.8 Å². The van der Waals surface area contributed by atoms with Crippen molar-refractivity contribution >= 4 is 46.6 Å². The Labute approximate surface area is 108 Å². The highest BCUT2D eigenvalue weighted by molar-refractivity contribution is 14.1. The molecule has 1 aromatic carbocycles. The Morgan fingerprint density at radius 3 is 2.67 bits per heavy atom. The molecule has 0 unspecified atom stereocenters. The average Bonchev–Trinajstić information content (AvgIpc) is 2.85. The lowest BCUT2D eigenvalue weighted by molar-refractivity contribution is -0.118. The van der Waals surface area contributed by atoms with E-state index in [1.807, 2.05) is 24.3 Å². The van der Waals surface area contributed by atoms with Crippen LogP contribution in [0.2, 0.25) is 0 Å². The second-order valence-corrected chi connectivity index (χ2v) is 4.87. The van der Waals surface area contributed by atoms with Crippen LogP contribution < -0.4 is 11.1 Å². The Hall–Kier alpha value is -0.330. The summed E-state index contributed by atoms with van der Waals surface area (Å²) >= 11 is 2.21. The van der Waals surface area contributed by atoms with Crippen molar-refractivity contribution in [3.05, 3.63) is 27.8 Å². The van der Waals surface area contributed by atoms with Crippen molar-refractivity contribution in [3.8, 4) is 0 Å². The van der Waals surface area contributed by atoms with Gasteiger partial charge in [-0.1, -0.05) is 6.07 Å². The van der Waals surface area contributed by atoms with Gasteiger partial charge in [0, 0.05) is 9.26 Å². The predicted octanol–water partition coefficient (Wildman–Crippen LogP) is 2.14. The number of hydrogen-bond acceptors (Lipinski definition) is 2. The molecule has 0 atom stereocenters. The molecule has 1 saturated carbocycles. The Morgan fingerprint density at radius 2 is 2.13 bits per heavy atom. The molecule has 3 nitrogen and oxygen atoms in total. The van der Waals surface area contributed by atoms with E-state index >= 15 is 0 Å². The zero-order chi connectivity index (χ0) is 10.2. The van der Waals surface area contributed by atoms with Crippen LogP contribution in [0.15, 0.2) is 24.3 Å². The molecule has 0 spiro atoms. The molecule has 0 saturated heterocycles.